The third kappa shape index (κ3) is 2.62. The highest BCUT2D eigenvalue weighted by molar-refractivity contribution is 14.1. The van der Waals surface area contributed by atoms with Gasteiger partial charge >= 0.3 is 0 Å². The number of halogens is 1. The molecule has 1 nitrogen and oxygen atoms in total. The van der Waals surface area contributed by atoms with Gasteiger partial charge in [-0.25, -0.2) is 0 Å². The van der Waals surface area contributed by atoms with Crippen LogP contribution >= 0.6 is 22.6 Å². The van der Waals surface area contributed by atoms with Gasteiger partial charge < -0.3 is 4.74 Å². The van der Waals surface area contributed by atoms with Crippen LogP contribution in [-0.4, -0.2) is 6.10 Å². The summed E-state index contributed by atoms with van der Waals surface area (Å²) in [4.78, 5) is 0. The molecule has 1 aliphatic carbocycles. The van der Waals surface area contributed by atoms with E-state index in [1.165, 1.54) is 35.7 Å². The van der Waals surface area contributed by atoms with Crippen LogP contribution in [0.25, 0.3) is 0 Å². The Kier molecular flexibility index (Phi) is 3.67. The molecule has 0 unspecified atom stereocenters. The van der Waals surface area contributed by atoms with Gasteiger partial charge in [-0.3, -0.25) is 0 Å². The topological polar surface area (TPSA) is 9.23 Å². The minimum Gasteiger partial charge on any atom is -0.489 e. The summed E-state index contributed by atoms with van der Waals surface area (Å²) in [5, 5.41) is 0. The molecule has 1 aliphatic rings. The Morgan fingerprint density at radius 3 is 2.50 bits per heavy atom. The van der Waals surface area contributed by atoms with Crippen molar-refractivity contribution in [3.63, 3.8) is 0 Å². The van der Waals surface area contributed by atoms with Gasteiger partial charge in [-0.05, 0) is 60.4 Å². The Hall–Kier alpha value is -0.250. The lowest BCUT2D eigenvalue weighted by atomic mass is 9.98. The van der Waals surface area contributed by atoms with Crippen LogP contribution in [0.4, 0.5) is 0 Å². The number of hydrogen-bond acceptors (Lipinski definition) is 1. The van der Waals surface area contributed by atoms with Gasteiger partial charge in [0.25, 0.3) is 0 Å². The fourth-order valence-electron chi connectivity index (χ4n) is 1.90. The fourth-order valence-corrected chi connectivity index (χ4v) is 2.42. The summed E-state index contributed by atoms with van der Waals surface area (Å²) in [5.41, 5.74) is 0. The number of hydrogen-bond donors (Lipinski definition) is 0. The molecule has 1 aromatic rings. The van der Waals surface area contributed by atoms with Crippen LogP contribution in [0.5, 0.6) is 5.75 Å². The van der Waals surface area contributed by atoms with Gasteiger partial charge in [0.05, 0.1) is 9.67 Å². The van der Waals surface area contributed by atoms with Gasteiger partial charge in [0, 0.05) is 0 Å². The maximum absolute atomic E-state index is 5.98. The van der Waals surface area contributed by atoms with Crippen LogP contribution < -0.4 is 4.74 Å². The second kappa shape index (κ2) is 5.01. The van der Waals surface area contributed by atoms with Crippen LogP contribution in [0, 0.1) is 3.57 Å². The Balaban J connectivity index is 1.99. The van der Waals surface area contributed by atoms with Crippen molar-refractivity contribution in [1.29, 1.82) is 0 Å². The first-order valence-corrected chi connectivity index (χ1v) is 6.35. The quantitative estimate of drug-likeness (QED) is 0.750. The minimum atomic E-state index is 0.458. The van der Waals surface area contributed by atoms with Gasteiger partial charge in [0.15, 0.2) is 0 Å². The molecule has 0 N–H and O–H groups in total. The second-order valence-electron chi connectivity index (χ2n) is 3.81. The third-order valence-corrected chi connectivity index (χ3v) is 3.57. The number of ether oxygens (including phenoxy) is 1. The molecule has 2 rings (SSSR count). The molecule has 2 heteroatoms. The summed E-state index contributed by atoms with van der Waals surface area (Å²) in [5.74, 6) is 1.06. The summed E-state index contributed by atoms with van der Waals surface area (Å²) in [6, 6.07) is 8.25. The van der Waals surface area contributed by atoms with E-state index in [2.05, 4.69) is 40.8 Å². The molecular formula is C12H15IO. The monoisotopic (exact) mass is 302 g/mol. The summed E-state index contributed by atoms with van der Waals surface area (Å²) in [6.45, 7) is 0. The number of benzene rings is 1. The molecule has 14 heavy (non-hydrogen) atoms. The van der Waals surface area contributed by atoms with Crippen molar-refractivity contribution < 1.29 is 4.74 Å². The summed E-state index contributed by atoms with van der Waals surface area (Å²) >= 11 is 2.33. The lowest BCUT2D eigenvalue weighted by Gasteiger charge is -2.23. The van der Waals surface area contributed by atoms with Crippen molar-refractivity contribution >= 4 is 22.6 Å². The van der Waals surface area contributed by atoms with Gasteiger partial charge in [-0.1, -0.05) is 18.6 Å². The van der Waals surface area contributed by atoms with E-state index in [1.54, 1.807) is 0 Å². The predicted molar refractivity (Wildman–Crippen MR) is 66.7 cm³/mol. The average molecular weight is 302 g/mol. The first-order valence-electron chi connectivity index (χ1n) is 5.27. The minimum absolute atomic E-state index is 0.458. The van der Waals surface area contributed by atoms with Crippen molar-refractivity contribution in [2.45, 2.75) is 38.2 Å². The first kappa shape index (κ1) is 10.3. The molecule has 1 aromatic carbocycles. The van der Waals surface area contributed by atoms with Crippen molar-refractivity contribution in [2.75, 3.05) is 0 Å². The zero-order chi connectivity index (χ0) is 9.80. The lowest BCUT2D eigenvalue weighted by Crippen LogP contribution is -2.19. The Labute approximate surface area is 99.0 Å². The first-order chi connectivity index (χ1) is 6.86. The molecule has 0 saturated heterocycles. The molecule has 0 heterocycles. The van der Waals surface area contributed by atoms with E-state index in [4.69, 9.17) is 4.74 Å². The average Bonchev–Trinajstić information content (AvgIpc) is 2.23. The van der Waals surface area contributed by atoms with E-state index in [0.717, 1.165) is 5.75 Å². The lowest BCUT2D eigenvalue weighted by molar-refractivity contribution is 0.154. The van der Waals surface area contributed by atoms with E-state index in [0.29, 0.717) is 6.10 Å². The normalized spacial score (nSPS) is 18.1. The van der Waals surface area contributed by atoms with E-state index >= 15 is 0 Å². The van der Waals surface area contributed by atoms with Crippen LogP contribution in [0.1, 0.15) is 32.1 Å². The number of rotatable bonds is 2. The standard InChI is InChI=1S/C12H15IO/c13-11-8-4-5-9-12(11)14-10-6-2-1-3-7-10/h4-5,8-10H,1-3,6-7H2. The highest BCUT2D eigenvalue weighted by Crippen LogP contribution is 2.26. The highest BCUT2D eigenvalue weighted by Gasteiger charge is 2.15. The summed E-state index contributed by atoms with van der Waals surface area (Å²) in [7, 11) is 0. The highest BCUT2D eigenvalue weighted by atomic mass is 127. The van der Waals surface area contributed by atoms with Crippen molar-refractivity contribution in [3.8, 4) is 5.75 Å². The van der Waals surface area contributed by atoms with Crippen LogP contribution in [0.3, 0.4) is 0 Å². The zero-order valence-corrected chi connectivity index (χ0v) is 10.4. The predicted octanol–water partition coefficient (Wildman–Crippen LogP) is 4.00. The fraction of sp³-hybridized carbons (Fsp3) is 0.500. The Bertz CT molecular complexity index is 292. The van der Waals surface area contributed by atoms with Crippen LogP contribution in [0.2, 0.25) is 0 Å². The molecule has 0 atom stereocenters. The molecule has 0 bridgehead atoms. The van der Waals surface area contributed by atoms with Crippen molar-refractivity contribution in [1.82, 2.24) is 0 Å². The van der Waals surface area contributed by atoms with Crippen LogP contribution in [-0.2, 0) is 0 Å². The van der Waals surface area contributed by atoms with Gasteiger partial charge in [0.2, 0.25) is 0 Å². The Morgan fingerprint density at radius 1 is 1.07 bits per heavy atom. The largest absolute Gasteiger partial charge is 0.489 e. The molecule has 0 spiro atoms. The van der Waals surface area contributed by atoms with Gasteiger partial charge in [0.1, 0.15) is 5.75 Å². The van der Waals surface area contributed by atoms with E-state index in [9.17, 15) is 0 Å². The SMILES string of the molecule is Ic1ccccc1OC1CCCCC1. The summed E-state index contributed by atoms with van der Waals surface area (Å²) in [6.07, 6.45) is 6.95. The van der Waals surface area contributed by atoms with Crippen molar-refractivity contribution in [3.05, 3.63) is 27.8 Å². The van der Waals surface area contributed by atoms with Gasteiger partial charge in [-0.15, -0.1) is 0 Å². The maximum atomic E-state index is 5.98. The zero-order valence-electron chi connectivity index (χ0n) is 8.21. The molecule has 0 aromatic heterocycles. The molecule has 0 aliphatic heterocycles. The van der Waals surface area contributed by atoms with E-state index < -0.39 is 0 Å². The molecule has 1 fully saturated rings. The number of para-hydroxylation sites is 1. The Morgan fingerprint density at radius 2 is 1.79 bits per heavy atom. The molecule has 76 valence electrons. The molecule has 0 radical (unpaired) electrons. The van der Waals surface area contributed by atoms with E-state index in [-0.39, 0.29) is 0 Å². The second-order valence-corrected chi connectivity index (χ2v) is 4.97. The molecule has 1 saturated carbocycles. The molecular weight excluding hydrogens is 287 g/mol. The third-order valence-electron chi connectivity index (χ3n) is 2.68. The van der Waals surface area contributed by atoms with Gasteiger partial charge in [-0.2, -0.15) is 0 Å². The molecule has 0 amide bonds. The summed E-state index contributed by atoms with van der Waals surface area (Å²) < 4.78 is 7.20. The van der Waals surface area contributed by atoms with Crippen molar-refractivity contribution in [2.24, 2.45) is 0 Å². The van der Waals surface area contributed by atoms with E-state index in [1.807, 2.05) is 6.07 Å². The maximum Gasteiger partial charge on any atom is 0.133 e. The van der Waals surface area contributed by atoms with Crippen LogP contribution in [0.15, 0.2) is 24.3 Å². The smallest absolute Gasteiger partial charge is 0.133 e.